The Morgan fingerprint density at radius 3 is 2.53 bits per heavy atom. The molecule has 34 heavy (non-hydrogen) atoms. The number of carbonyl (C=O) groups is 4. The van der Waals surface area contributed by atoms with E-state index in [4.69, 9.17) is 9.47 Å². The SMILES string of the molecule is COC(=O)C[C@@H]1Nc2ccc(C(=O)O)cc2CN(CCCCCCNC(=O)OC(C)(C)C)C1=O. The molecule has 1 aliphatic rings. The van der Waals surface area contributed by atoms with E-state index in [1.165, 1.54) is 13.2 Å². The standard InChI is InChI=1S/C24H35N3O7/c1-24(2,3)34-23(32)25-11-7-5-6-8-12-27-15-17-13-16(22(30)31)9-10-18(17)26-19(21(27)29)14-20(28)33-4/h9-10,13,19,26H,5-8,11-12,14-15H2,1-4H3,(H,25,32)(H,30,31)/t19-/m0/s1. The van der Waals surface area contributed by atoms with Gasteiger partial charge in [-0.05, 0) is 57.4 Å². The van der Waals surface area contributed by atoms with Crippen molar-refractivity contribution in [2.45, 2.75) is 71.1 Å². The van der Waals surface area contributed by atoms with Crippen molar-refractivity contribution in [3.8, 4) is 0 Å². The van der Waals surface area contributed by atoms with Crippen molar-refractivity contribution in [1.82, 2.24) is 10.2 Å². The first-order chi connectivity index (χ1) is 16.0. The van der Waals surface area contributed by atoms with Gasteiger partial charge in [-0.1, -0.05) is 12.8 Å². The molecule has 1 atom stereocenters. The molecular formula is C24H35N3O7. The summed E-state index contributed by atoms with van der Waals surface area (Å²) in [4.78, 5) is 49.6. The first-order valence-corrected chi connectivity index (χ1v) is 11.5. The normalized spacial score (nSPS) is 15.6. The fraction of sp³-hybridized carbons (Fsp3) is 0.583. The molecule has 10 nitrogen and oxygen atoms in total. The zero-order chi connectivity index (χ0) is 25.3. The van der Waals surface area contributed by atoms with E-state index in [1.54, 1.807) is 17.0 Å². The van der Waals surface area contributed by atoms with E-state index in [2.05, 4.69) is 10.6 Å². The van der Waals surface area contributed by atoms with Crippen molar-refractivity contribution in [2.24, 2.45) is 0 Å². The molecule has 2 rings (SSSR count). The molecule has 188 valence electrons. The number of carboxylic acid groups (broad SMARTS) is 1. The van der Waals surface area contributed by atoms with Gasteiger partial charge < -0.3 is 30.1 Å². The fourth-order valence-corrected chi connectivity index (χ4v) is 3.62. The summed E-state index contributed by atoms with van der Waals surface area (Å²) in [6.07, 6.45) is 2.66. The number of amides is 2. The maximum absolute atomic E-state index is 13.1. The van der Waals surface area contributed by atoms with Crippen LogP contribution in [0.2, 0.25) is 0 Å². The number of benzene rings is 1. The zero-order valence-electron chi connectivity index (χ0n) is 20.3. The van der Waals surface area contributed by atoms with Gasteiger partial charge in [0.25, 0.3) is 0 Å². The predicted octanol–water partition coefficient (Wildman–Crippen LogP) is 3.16. The molecule has 1 aliphatic heterocycles. The highest BCUT2D eigenvalue weighted by molar-refractivity contribution is 5.92. The van der Waals surface area contributed by atoms with Crippen LogP contribution in [0.4, 0.5) is 10.5 Å². The number of carboxylic acids is 1. The second-order valence-electron chi connectivity index (χ2n) is 9.26. The number of rotatable bonds is 10. The van der Waals surface area contributed by atoms with Crippen molar-refractivity contribution in [3.05, 3.63) is 29.3 Å². The van der Waals surface area contributed by atoms with Crippen LogP contribution in [0.5, 0.6) is 0 Å². The van der Waals surface area contributed by atoms with E-state index >= 15 is 0 Å². The van der Waals surface area contributed by atoms with E-state index in [9.17, 15) is 24.3 Å². The number of carbonyl (C=O) groups excluding carboxylic acids is 3. The number of nitrogens with one attached hydrogen (secondary N) is 2. The van der Waals surface area contributed by atoms with Crippen LogP contribution in [-0.4, -0.2) is 65.8 Å². The molecule has 2 amide bonds. The van der Waals surface area contributed by atoms with Gasteiger partial charge in [-0.2, -0.15) is 0 Å². The van der Waals surface area contributed by atoms with Crippen LogP contribution in [0, 0.1) is 0 Å². The molecule has 1 aromatic carbocycles. The van der Waals surface area contributed by atoms with Gasteiger partial charge in [0, 0.05) is 25.3 Å². The predicted molar refractivity (Wildman–Crippen MR) is 126 cm³/mol. The molecule has 0 radical (unpaired) electrons. The Balaban J connectivity index is 1.92. The summed E-state index contributed by atoms with van der Waals surface area (Å²) in [6, 6.07) is 3.85. The molecule has 3 N–H and O–H groups in total. The molecule has 0 fully saturated rings. The summed E-state index contributed by atoms with van der Waals surface area (Å²) >= 11 is 0. The fourth-order valence-electron chi connectivity index (χ4n) is 3.62. The Morgan fingerprint density at radius 2 is 1.88 bits per heavy atom. The number of alkyl carbamates (subject to hydrolysis) is 1. The van der Waals surface area contributed by atoms with Gasteiger partial charge >= 0.3 is 18.0 Å². The zero-order valence-corrected chi connectivity index (χ0v) is 20.3. The number of methoxy groups -OCH3 is 1. The smallest absolute Gasteiger partial charge is 0.407 e. The molecule has 0 aromatic heterocycles. The summed E-state index contributed by atoms with van der Waals surface area (Å²) in [5.41, 5.74) is 0.913. The first kappa shape index (κ1) is 26.9. The van der Waals surface area contributed by atoms with E-state index in [0.29, 0.717) is 24.3 Å². The van der Waals surface area contributed by atoms with Crippen LogP contribution in [0.25, 0.3) is 0 Å². The van der Waals surface area contributed by atoms with Crippen LogP contribution in [0.1, 0.15) is 68.8 Å². The summed E-state index contributed by atoms with van der Waals surface area (Å²) < 4.78 is 9.93. The number of anilines is 1. The second kappa shape index (κ2) is 12.2. The third-order valence-electron chi connectivity index (χ3n) is 5.27. The molecule has 0 saturated heterocycles. The van der Waals surface area contributed by atoms with E-state index in [-0.39, 0.29) is 24.4 Å². The van der Waals surface area contributed by atoms with Crippen LogP contribution >= 0.6 is 0 Å². The average Bonchev–Trinajstić information content (AvgIpc) is 2.87. The topological polar surface area (TPSA) is 134 Å². The summed E-state index contributed by atoms with van der Waals surface area (Å²) in [7, 11) is 1.27. The Kier molecular flexibility index (Phi) is 9.70. The lowest BCUT2D eigenvalue weighted by Gasteiger charge is -2.24. The van der Waals surface area contributed by atoms with Crippen LogP contribution < -0.4 is 10.6 Å². The van der Waals surface area contributed by atoms with Gasteiger partial charge in [-0.3, -0.25) is 9.59 Å². The van der Waals surface area contributed by atoms with E-state index in [1.807, 2.05) is 20.8 Å². The molecule has 10 heteroatoms. The molecular weight excluding hydrogens is 442 g/mol. The van der Waals surface area contributed by atoms with Crippen molar-refractivity contribution in [1.29, 1.82) is 0 Å². The quantitative estimate of drug-likeness (QED) is 0.346. The highest BCUT2D eigenvalue weighted by atomic mass is 16.6. The Morgan fingerprint density at radius 1 is 1.18 bits per heavy atom. The van der Waals surface area contributed by atoms with E-state index < -0.39 is 29.7 Å². The lowest BCUT2D eigenvalue weighted by Crippen LogP contribution is -2.42. The Hall–Kier alpha value is -3.30. The van der Waals surface area contributed by atoms with E-state index in [0.717, 1.165) is 25.7 Å². The third kappa shape index (κ3) is 8.57. The summed E-state index contributed by atoms with van der Waals surface area (Å²) in [5, 5.41) is 15.1. The van der Waals surface area contributed by atoms with Crippen molar-refractivity contribution >= 4 is 29.6 Å². The maximum atomic E-state index is 13.1. The number of fused-ring (bicyclic) bond motifs is 1. The van der Waals surface area contributed by atoms with Gasteiger partial charge in [0.2, 0.25) is 5.91 Å². The van der Waals surface area contributed by atoms with Gasteiger partial charge in [-0.15, -0.1) is 0 Å². The number of hydrogen-bond donors (Lipinski definition) is 3. The number of nitrogens with zero attached hydrogens (tertiary/aromatic N) is 1. The molecule has 0 aliphatic carbocycles. The van der Waals surface area contributed by atoms with Gasteiger partial charge in [0.1, 0.15) is 11.6 Å². The largest absolute Gasteiger partial charge is 0.478 e. The van der Waals surface area contributed by atoms with Gasteiger partial charge in [0.05, 0.1) is 19.1 Å². The van der Waals surface area contributed by atoms with Crippen molar-refractivity contribution in [3.63, 3.8) is 0 Å². The van der Waals surface area contributed by atoms with Crippen molar-refractivity contribution in [2.75, 3.05) is 25.5 Å². The van der Waals surface area contributed by atoms with Crippen molar-refractivity contribution < 1.29 is 33.8 Å². The minimum Gasteiger partial charge on any atom is -0.478 e. The number of ether oxygens (including phenoxy) is 2. The third-order valence-corrected chi connectivity index (χ3v) is 5.27. The molecule has 1 aromatic rings. The lowest BCUT2D eigenvalue weighted by atomic mass is 10.1. The monoisotopic (exact) mass is 477 g/mol. The highest BCUT2D eigenvalue weighted by Gasteiger charge is 2.31. The second-order valence-corrected chi connectivity index (χ2v) is 9.26. The highest BCUT2D eigenvalue weighted by Crippen LogP contribution is 2.26. The van der Waals surface area contributed by atoms with Crippen LogP contribution in [0.15, 0.2) is 18.2 Å². The average molecular weight is 478 g/mol. The molecule has 0 saturated carbocycles. The number of esters is 1. The molecule has 0 spiro atoms. The summed E-state index contributed by atoms with van der Waals surface area (Å²) in [6.45, 7) is 6.65. The molecule has 0 unspecified atom stereocenters. The number of unbranched alkanes of at least 4 members (excludes halogenated alkanes) is 3. The minimum atomic E-state index is -1.05. The van der Waals surface area contributed by atoms with Gasteiger partial charge in [0.15, 0.2) is 0 Å². The van der Waals surface area contributed by atoms with Crippen LogP contribution in [0.3, 0.4) is 0 Å². The number of aromatic carboxylic acids is 1. The lowest BCUT2D eigenvalue weighted by molar-refractivity contribution is -0.144. The van der Waals surface area contributed by atoms with Gasteiger partial charge in [-0.25, -0.2) is 9.59 Å². The Labute approximate surface area is 200 Å². The molecule has 1 heterocycles. The number of hydrogen-bond acceptors (Lipinski definition) is 7. The maximum Gasteiger partial charge on any atom is 0.407 e. The Bertz CT molecular complexity index is 895. The van der Waals surface area contributed by atoms with Crippen LogP contribution in [-0.2, 0) is 25.6 Å². The minimum absolute atomic E-state index is 0.123. The first-order valence-electron chi connectivity index (χ1n) is 11.5. The molecule has 0 bridgehead atoms. The summed E-state index contributed by atoms with van der Waals surface area (Å²) in [5.74, 6) is -1.78.